The maximum atomic E-state index is 14.4. The van der Waals surface area contributed by atoms with E-state index in [4.69, 9.17) is 10.5 Å². The van der Waals surface area contributed by atoms with Crippen molar-refractivity contribution < 1.29 is 37.1 Å². The summed E-state index contributed by atoms with van der Waals surface area (Å²) in [5, 5.41) is 7.71. The first-order valence-electron chi connectivity index (χ1n) is 20.0. The molecule has 0 aliphatic carbocycles. The average molecular weight is 850 g/mol. The van der Waals surface area contributed by atoms with Gasteiger partial charge in [-0.25, -0.2) is 13.1 Å². The van der Waals surface area contributed by atoms with Crippen molar-refractivity contribution in [1.29, 1.82) is 0 Å². The van der Waals surface area contributed by atoms with E-state index in [1.54, 1.807) is 36.4 Å². The molecule has 2 atom stereocenters. The number of nitrogens with two attached hydrogens (primary N) is 1. The van der Waals surface area contributed by atoms with Crippen LogP contribution in [0.25, 0.3) is 0 Å². The van der Waals surface area contributed by atoms with E-state index in [1.807, 2.05) is 36.6 Å². The summed E-state index contributed by atoms with van der Waals surface area (Å²) in [4.78, 5) is 68.2. The molecular weight excluding hydrogens is 795 g/mol. The van der Waals surface area contributed by atoms with Gasteiger partial charge in [0.05, 0.1) is 29.2 Å². The number of hydrogen-bond donors (Lipinski definition) is 5. The number of hydrogen-bond acceptors (Lipinski definition) is 10. The lowest BCUT2D eigenvalue weighted by Crippen LogP contribution is -2.53. The van der Waals surface area contributed by atoms with Crippen molar-refractivity contribution in [3.63, 3.8) is 0 Å². The zero-order valence-corrected chi connectivity index (χ0v) is 35.5. The molecule has 0 radical (unpaired) electrons. The van der Waals surface area contributed by atoms with E-state index in [-0.39, 0.29) is 17.2 Å². The van der Waals surface area contributed by atoms with Gasteiger partial charge in [-0.3, -0.25) is 24.0 Å². The fourth-order valence-corrected chi connectivity index (χ4v) is 9.73. The van der Waals surface area contributed by atoms with Crippen LogP contribution >= 0.6 is 11.8 Å². The first-order chi connectivity index (χ1) is 28.3. The van der Waals surface area contributed by atoms with Crippen molar-refractivity contribution in [1.82, 2.24) is 25.6 Å². The maximum absolute atomic E-state index is 14.4. The SMILES string of the molecule is CCCCC1(CCCC)CN(c2ccccc2)c2cc(SC)c(OCC(=O)NC(C(=O)NCC(=O)N3CCCC3C(=O)NCC(N)=O)c3ccccc3)cc2S(=O)(=O)N1. The second-order valence-corrected chi connectivity index (χ2v) is 17.3. The lowest BCUT2D eigenvalue weighted by molar-refractivity contribution is -0.139. The van der Waals surface area contributed by atoms with Crippen LogP contribution in [0.15, 0.2) is 82.6 Å². The molecule has 0 spiro atoms. The Morgan fingerprint density at radius 1 is 0.949 bits per heavy atom. The van der Waals surface area contributed by atoms with Crippen LogP contribution in [0.3, 0.4) is 0 Å². The number of thioether (sulfide) groups is 1. The first-order valence-corrected chi connectivity index (χ1v) is 22.7. The summed E-state index contributed by atoms with van der Waals surface area (Å²) in [6.07, 6.45) is 7.64. The van der Waals surface area contributed by atoms with E-state index in [2.05, 4.69) is 39.4 Å². The topological polar surface area (TPSA) is 209 Å². The quantitative estimate of drug-likeness (QED) is 0.110. The molecule has 318 valence electrons. The van der Waals surface area contributed by atoms with Gasteiger partial charge in [0.15, 0.2) is 6.61 Å². The molecule has 2 aliphatic rings. The van der Waals surface area contributed by atoms with Crippen molar-refractivity contribution in [2.75, 3.05) is 43.9 Å². The third kappa shape index (κ3) is 11.5. The highest BCUT2D eigenvalue weighted by molar-refractivity contribution is 7.98. The smallest absolute Gasteiger partial charge is 0.258 e. The van der Waals surface area contributed by atoms with Crippen molar-refractivity contribution in [3.8, 4) is 5.75 Å². The van der Waals surface area contributed by atoms with Gasteiger partial charge in [-0.15, -0.1) is 11.8 Å². The second kappa shape index (κ2) is 20.7. The summed E-state index contributed by atoms with van der Waals surface area (Å²) < 4.78 is 38.0. The van der Waals surface area contributed by atoms with Gasteiger partial charge < -0.3 is 36.2 Å². The second-order valence-electron chi connectivity index (χ2n) is 14.8. The average Bonchev–Trinajstić information content (AvgIpc) is 3.71. The molecule has 2 unspecified atom stereocenters. The van der Waals surface area contributed by atoms with Gasteiger partial charge in [-0.1, -0.05) is 88.1 Å². The molecule has 17 heteroatoms. The van der Waals surface area contributed by atoms with Crippen LogP contribution in [-0.2, 0) is 34.0 Å². The van der Waals surface area contributed by atoms with Crippen molar-refractivity contribution in [3.05, 3.63) is 78.4 Å². The van der Waals surface area contributed by atoms with Crippen LogP contribution in [0.2, 0.25) is 0 Å². The third-order valence-electron chi connectivity index (χ3n) is 10.5. The van der Waals surface area contributed by atoms with Crippen molar-refractivity contribution in [2.24, 2.45) is 5.73 Å². The number of carbonyl (C=O) groups is 5. The molecular formula is C42H55N7O8S2. The number of nitrogens with zero attached hydrogens (tertiary/aromatic N) is 2. The molecule has 6 N–H and O–H groups in total. The number of sulfonamides is 1. The minimum absolute atomic E-state index is 0.0289. The Morgan fingerprint density at radius 2 is 1.61 bits per heavy atom. The summed E-state index contributed by atoms with van der Waals surface area (Å²) in [5.74, 6) is -2.88. The van der Waals surface area contributed by atoms with Crippen LogP contribution in [0, 0.1) is 0 Å². The lowest BCUT2D eigenvalue weighted by Gasteiger charge is -2.37. The fraction of sp³-hybridized carbons (Fsp3) is 0.452. The van der Waals surface area contributed by atoms with Crippen molar-refractivity contribution in [2.45, 2.75) is 92.6 Å². The number of carbonyl (C=O) groups excluding carboxylic acids is 5. The minimum Gasteiger partial charge on any atom is -0.483 e. The Hall–Kier alpha value is -5.13. The number of primary amides is 1. The molecule has 5 amide bonds. The normalized spacial score (nSPS) is 17.2. The highest BCUT2D eigenvalue weighted by atomic mass is 32.2. The number of anilines is 2. The number of nitrogens with one attached hydrogen (secondary N) is 4. The van der Waals surface area contributed by atoms with Gasteiger partial charge in [0.25, 0.3) is 5.91 Å². The molecule has 1 fully saturated rings. The van der Waals surface area contributed by atoms with Gasteiger partial charge in [0.1, 0.15) is 22.7 Å². The Balaban J connectivity index is 1.35. The van der Waals surface area contributed by atoms with Crippen LogP contribution in [-0.4, -0.2) is 93.5 Å². The number of amides is 5. The summed E-state index contributed by atoms with van der Waals surface area (Å²) in [5.41, 5.74) is 6.20. The zero-order valence-electron chi connectivity index (χ0n) is 33.8. The van der Waals surface area contributed by atoms with Crippen LogP contribution in [0.5, 0.6) is 5.75 Å². The molecule has 1 saturated heterocycles. The van der Waals surface area contributed by atoms with Crippen LogP contribution in [0.1, 0.15) is 76.8 Å². The van der Waals surface area contributed by atoms with Gasteiger partial charge in [0, 0.05) is 24.8 Å². The summed E-state index contributed by atoms with van der Waals surface area (Å²) in [6.45, 7) is 3.55. The minimum atomic E-state index is -4.08. The van der Waals surface area contributed by atoms with E-state index in [0.29, 0.717) is 54.9 Å². The van der Waals surface area contributed by atoms with Gasteiger partial charge in [-0.2, -0.15) is 0 Å². The predicted molar refractivity (Wildman–Crippen MR) is 227 cm³/mol. The standard InChI is InChI=1S/C42H55N7O8S2/c1-4-6-20-42(21-7-5-2)28-49(30-17-12-9-13-18-30)32-23-34(58-3)33(24-35(32)59(55,56)47-42)57-27-37(51)46-39(29-15-10-8-11-16-29)41(54)45-26-38(52)48-22-14-19-31(48)40(53)44-25-36(43)50/h8-13,15-18,23-24,31,39,47H,4-7,14,19-22,25-28H2,1-3H3,(H2,43,50)(H,44,53)(H,45,54)(H,46,51). The molecule has 3 aromatic rings. The first kappa shape index (κ1) is 45.0. The number of benzene rings is 3. The predicted octanol–water partition coefficient (Wildman–Crippen LogP) is 3.90. The van der Waals surface area contributed by atoms with Crippen LogP contribution < -0.4 is 36.0 Å². The highest BCUT2D eigenvalue weighted by Crippen LogP contribution is 2.44. The van der Waals surface area contributed by atoms with Gasteiger partial charge >= 0.3 is 0 Å². The van der Waals surface area contributed by atoms with E-state index in [0.717, 1.165) is 31.4 Å². The van der Waals surface area contributed by atoms with E-state index < -0.39 is 70.3 Å². The zero-order chi connectivity index (χ0) is 42.6. The number of likely N-dealkylation sites (tertiary alicyclic amines) is 1. The molecule has 59 heavy (non-hydrogen) atoms. The number of ether oxygens (including phenoxy) is 1. The molecule has 3 aromatic carbocycles. The number of rotatable bonds is 19. The number of para-hydroxylation sites is 1. The fourth-order valence-electron chi connectivity index (χ4n) is 7.53. The van der Waals surface area contributed by atoms with E-state index >= 15 is 0 Å². The Kier molecular flexibility index (Phi) is 15.8. The highest BCUT2D eigenvalue weighted by Gasteiger charge is 2.42. The van der Waals surface area contributed by atoms with Crippen LogP contribution in [0.4, 0.5) is 11.4 Å². The largest absolute Gasteiger partial charge is 0.483 e. The molecule has 0 aromatic heterocycles. The Labute approximate surface area is 350 Å². The maximum Gasteiger partial charge on any atom is 0.258 e. The lowest BCUT2D eigenvalue weighted by atomic mass is 9.87. The summed E-state index contributed by atoms with van der Waals surface area (Å²) in [6, 6.07) is 19.4. The molecule has 2 aliphatic heterocycles. The van der Waals surface area contributed by atoms with E-state index in [9.17, 15) is 32.4 Å². The summed E-state index contributed by atoms with van der Waals surface area (Å²) >= 11 is 1.35. The summed E-state index contributed by atoms with van der Waals surface area (Å²) in [7, 11) is -4.08. The molecule has 2 heterocycles. The van der Waals surface area contributed by atoms with Gasteiger partial charge in [0.2, 0.25) is 33.7 Å². The Bertz CT molecular complexity index is 2060. The van der Waals surface area contributed by atoms with Crippen molar-refractivity contribution >= 4 is 62.7 Å². The molecule has 0 bridgehead atoms. The van der Waals surface area contributed by atoms with Gasteiger partial charge in [-0.05, 0) is 55.7 Å². The monoisotopic (exact) mass is 849 g/mol. The Morgan fingerprint density at radius 3 is 2.24 bits per heavy atom. The molecule has 5 rings (SSSR count). The third-order valence-corrected chi connectivity index (χ3v) is 12.9. The number of fused-ring (bicyclic) bond motifs is 1. The molecule has 0 saturated carbocycles. The molecule has 15 nitrogen and oxygen atoms in total. The number of unbranched alkanes of at least 4 members (excludes halogenated alkanes) is 2. The van der Waals surface area contributed by atoms with E-state index in [1.165, 1.54) is 22.7 Å².